The molecule has 0 amide bonds. The van der Waals surface area contributed by atoms with Gasteiger partial charge < -0.3 is 0 Å². The Morgan fingerprint density at radius 2 is 2.00 bits per heavy atom. The second-order valence-electron chi connectivity index (χ2n) is 3.30. The molecule has 0 aromatic carbocycles. The highest BCUT2D eigenvalue weighted by Gasteiger charge is 2.07. The molecule has 0 nitrogen and oxygen atoms in total. The molecule has 74 valence electrons. The third-order valence-electron chi connectivity index (χ3n) is 2.41. The summed E-state index contributed by atoms with van der Waals surface area (Å²) in [5.41, 5.74) is 2.94. The summed E-state index contributed by atoms with van der Waals surface area (Å²) in [4.78, 5) is 2.91. The molecule has 0 aliphatic rings. The van der Waals surface area contributed by atoms with Gasteiger partial charge in [-0.1, -0.05) is 13.8 Å². The van der Waals surface area contributed by atoms with E-state index in [-0.39, 0.29) is 0 Å². The lowest BCUT2D eigenvalue weighted by molar-refractivity contribution is 1.15. The molecule has 0 saturated carbocycles. The molecule has 2 heteroatoms. The van der Waals surface area contributed by atoms with E-state index in [2.05, 4.69) is 36.7 Å². The largest absolute Gasteiger partial charge is 0.143 e. The van der Waals surface area contributed by atoms with E-state index in [0.29, 0.717) is 0 Å². The number of thiophene rings is 2. The van der Waals surface area contributed by atoms with Gasteiger partial charge in [0.25, 0.3) is 0 Å². The van der Waals surface area contributed by atoms with E-state index in [4.69, 9.17) is 0 Å². The zero-order valence-corrected chi connectivity index (χ0v) is 10.2. The molecule has 0 radical (unpaired) electrons. The van der Waals surface area contributed by atoms with Crippen LogP contribution < -0.4 is 0 Å². The van der Waals surface area contributed by atoms with E-state index in [1.54, 1.807) is 0 Å². The minimum Gasteiger partial charge on any atom is -0.143 e. The molecule has 0 fully saturated rings. The second-order valence-corrected chi connectivity index (χ2v) is 5.13. The van der Waals surface area contributed by atoms with Crippen molar-refractivity contribution in [2.75, 3.05) is 0 Å². The maximum absolute atomic E-state index is 2.33. The van der Waals surface area contributed by atoms with Crippen molar-refractivity contribution in [3.05, 3.63) is 34.0 Å². The maximum Gasteiger partial charge on any atom is 0.0474 e. The Hall–Kier alpha value is -0.600. The summed E-state index contributed by atoms with van der Waals surface area (Å²) in [5.74, 6) is 0. The topological polar surface area (TPSA) is 0 Å². The SMILES string of the molecule is CCc1csc(-c2sccc2CC)c1. The molecule has 14 heavy (non-hydrogen) atoms. The van der Waals surface area contributed by atoms with Gasteiger partial charge in [0.2, 0.25) is 0 Å². The lowest BCUT2D eigenvalue weighted by Crippen LogP contribution is -1.77. The van der Waals surface area contributed by atoms with Gasteiger partial charge in [0.1, 0.15) is 0 Å². The van der Waals surface area contributed by atoms with Crippen LogP contribution in [0.2, 0.25) is 0 Å². The predicted octanol–water partition coefficient (Wildman–Crippen LogP) is 4.60. The summed E-state index contributed by atoms with van der Waals surface area (Å²) in [7, 11) is 0. The van der Waals surface area contributed by atoms with Gasteiger partial charge in [-0.25, -0.2) is 0 Å². The predicted molar refractivity (Wildman–Crippen MR) is 66.4 cm³/mol. The Labute approximate surface area is 93.2 Å². The molecule has 0 saturated heterocycles. The van der Waals surface area contributed by atoms with Crippen LogP contribution in [0.5, 0.6) is 0 Å². The quantitative estimate of drug-likeness (QED) is 0.712. The molecule has 0 spiro atoms. The minimum absolute atomic E-state index is 1.14. The molecule has 0 unspecified atom stereocenters. The molecule has 0 bridgehead atoms. The van der Waals surface area contributed by atoms with Gasteiger partial charge >= 0.3 is 0 Å². The molecule has 0 aliphatic heterocycles. The molecule has 0 aliphatic carbocycles. The fraction of sp³-hybridized carbons (Fsp3) is 0.333. The third kappa shape index (κ3) is 1.77. The maximum atomic E-state index is 2.33. The van der Waals surface area contributed by atoms with Crippen LogP contribution in [0.3, 0.4) is 0 Å². The first-order chi connectivity index (χ1) is 6.85. The number of rotatable bonds is 3. The summed E-state index contributed by atoms with van der Waals surface area (Å²) in [6.45, 7) is 4.43. The molecular formula is C12H14S2. The lowest BCUT2D eigenvalue weighted by Gasteiger charge is -1.96. The first kappa shape index (κ1) is 9.94. The average Bonchev–Trinajstić information content (AvgIpc) is 2.85. The monoisotopic (exact) mass is 222 g/mol. The van der Waals surface area contributed by atoms with E-state index in [1.165, 1.54) is 20.9 Å². The normalized spacial score (nSPS) is 10.7. The lowest BCUT2D eigenvalue weighted by atomic mass is 10.1. The zero-order chi connectivity index (χ0) is 9.97. The van der Waals surface area contributed by atoms with E-state index in [9.17, 15) is 0 Å². The molecule has 2 aromatic rings. The van der Waals surface area contributed by atoms with Gasteiger partial charge in [0.05, 0.1) is 0 Å². The molecule has 2 rings (SSSR count). The fourth-order valence-corrected chi connectivity index (χ4v) is 3.68. The van der Waals surface area contributed by atoms with Gasteiger partial charge in [-0.15, -0.1) is 22.7 Å². The van der Waals surface area contributed by atoms with Gasteiger partial charge in [0.15, 0.2) is 0 Å². The van der Waals surface area contributed by atoms with E-state index >= 15 is 0 Å². The Bertz CT molecular complexity index is 409. The third-order valence-corrected chi connectivity index (χ3v) is 4.53. The van der Waals surface area contributed by atoms with Crippen LogP contribution in [0.25, 0.3) is 9.75 Å². The number of hydrogen-bond acceptors (Lipinski definition) is 2. The van der Waals surface area contributed by atoms with Crippen molar-refractivity contribution in [2.24, 2.45) is 0 Å². The highest BCUT2D eigenvalue weighted by molar-refractivity contribution is 7.20. The first-order valence-electron chi connectivity index (χ1n) is 4.99. The van der Waals surface area contributed by atoms with Gasteiger partial charge in [0, 0.05) is 9.75 Å². The van der Waals surface area contributed by atoms with Crippen LogP contribution >= 0.6 is 22.7 Å². The van der Waals surface area contributed by atoms with Gasteiger partial charge in [-0.2, -0.15) is 0 Å². The Morgan fingerprint density at radius 3 is 2.64 bits per heavy atom. The minimum atomic E-state index is 1.14. The van der Waals surface area contributed by atoms with Crippen LogP contribution in [0.15, 0.2) is 22.9 Å². The van der Waals surface area contributed by atoms with E-state index in [0.717, 1.165) is 12.8 Å². The van der Waals surface area contributed by atoms with Crippen molar-refractivity contribution in [1.29, 1.82) is 0 Å². The Kier molecular flexibility index (Phi) is 3.04. The smallest absolute Gasteiger partial charge is 0.0474 e. The molecule has 2 aromatic heterocycles. The highest BCUT2D eigenvalue weighted by Crippen LogP contribution is 2.34. The summed E-state index contributed by atoms with van der Waals surface area (Å²) >= 11 is 3.73. The van der Waals surface area contributed by atoms with Crippen molar-refractivity contribution in [3.8, 4) is 9.75 Å². The van der Waals surface area contributed by atoms with Crippen LogP contribution in [0, 0.1) is 0 Å². The van der Waals surface area contributed by atoms with Crippen LogP contribution in [-0.2, 0) is 12.8 Å². The molecular weight excluding hydrogens is 208 g/mol. The van der Waals surface area contributed by atoms with E-state index in [1.807, 2.05) is 22.7 Å². The van der Waals surface area contributed by atoms with Gasteiger partial charge in [-0.05, 0) is 46.9 Å². The van der Waals surface area contributed by atoms with Crippen molar-refractivity contribution < 1.29 is 0 Å². The second kappa shape index (κ2) is 4.28. The fourth-order valence-electron chi connectivity index (χ4n) is 1.51. The molecule has 2 heterocycles. The molecule has 0 N–H and O–H groups in total. The summed E-state index contributed by atoms with van der Waals surface area (Å²) in [6.07, 6.45) is 2.28. The standard InChI is InChI=1S/C12H14S2/c1-3-9-7-11(14-8-9)12-10(4-2)5-6-13-12/h5-8H,3-4H2,1-2H3. The number of aryl methyl sites for hydroxylation is 2. The zero-order valence-electron chi connectivity index (χ0n) is 8.54. The highest BCUT2D eigenvalue weighted by atomic mass is 32.1. The van der Waals surface area contributed by atoms with E-state index < -0.39 is 0 Å². The number of hydrogen-bond donors (Lipinski definition) is 0. The Morgan fingerprint density at radius 1 is 1.14 bits per heavy atom. The summed E-state index contributed by atoms with van der Waals surface area (Å²) in [6, 6.07) is 4.57. The summed E-state index contributed by atoms with van der Waals surface area (Å²) < 4.78 is 0. The van der Waals surface area contributed by atoms with Crippen molar-refractivity contribution in [2.45, 2.75) is 26.7 Å². The van der Waals surface area contributed by atoms with Crippen LogP contribution in [0.1, 0.15) is 25.0 Å². The van der Waals surface area contributed by atoms with Crippen molar-refractivity contribution >= 4 is 22.7 Å². The summed E-state index contributed by atoms with van der Waals surface area (Å²) in [5, 5.41) is 4.47. The van der Waals surface area contributed by atoms with Crippen molar-refractivity contribution in [1.82, 2.24) is 0 Å². The van der Waals surface area contributed by atoms with Crippen molar-refractivity contribution in [3.63, 3.8) is 0 Å². The van der Waals surface area contributed by atoms with Gasteiger partial charge in [-0.3, -0.25) is 0 Å². The van der Waals surface area contributed by atoms with Crippen LogP contribution in [-0.4, -0.2) is 0 Å². The van der Waals surface area contributed by atoms with Crippen LogP contribution in [0.4, 0.5) is 0 Å². The molecule has 0 atom stereocenters. The Balaban J connectivity index is 2.38. The average molecular weight is 222 g/mol. The first-order valence-corrected chi connectivity index (χ1v) is 6.75.